The predicted octanol–water partition coefficient (Wildman–Crippen LogP) is -0.842. The van der Waals surface area contributed by atoms with Crippen molar-refractivity contribution in [2.24, 2.45) is 16.6 Å². The van der Waals surface area contributed by atoms with Crippen LogP contribution in [0.2, 0.25) is 0 Å². The third kappa shape index (κ3) is 9.03. The van der Waals surface area contributed by atoms with Crippen LogP contribution in [0.5, 0.6) is 0 Å². The SMILES string of the molecule is CN(C)N=C(N)N.Cl. The molecule has 0 bridgehead atoms. The topological polar surface area (TPSA) is 67.6 Å². The molecule has 0 spiro atoms. The van der Waals surface area contributed by atoms with Gasteiger partial charge >= 0.3 is 0 Å². The van der Waals surface area contributed by atoms with Crippen molar-refractivity contribution >= 4 is 18.4 Å². The molecule has 4 N–H and O–H groups in total. The Hall–Kier alpha value is -0.640. The number of hydrazone groups is 1. The van der Waals surface area contributed by atoms with E-state index in [2.05, 4.69) is 5.10 Å². The lowest BCUT2D eigenvalue weighted by Gasteiger charge is -2.01. The molecule has 0 aliphatic rings. The van der Waals surface area contributed by atoms with Gasteiger partial charge in [0, 0.05) is 14.1 Å². The average Bonchev–Trinajstić information content (AvgIpc) is 1.27. The quantitative estimate of drug-likeness (QED) is 0.282. The van der Waals surface area contributed by atoms with Gasteiger partial charge in [0.15, 0.2) is 0 Å². The van der Waals surface area contributed by atoms with Crippen molar-refractivity contribution in [3.8, 4) is 0 Å². The van der Waals surface area contributed by atoms with Crippen LogP contribution in [0.25, 0.3) is 0 Å². The summed E-state index contributed by atoms with van der Waals surface area (Å²) in [5.41, 5.74) is 9.96. The standard InChI is InChI=1S/C3H10N4.ClH/c1-7(2)6-3(4)5;/h1-2H3,(H4,4,5,6);1H. The Labute approximate surface area is 54.9 Å². The number of guanidine groups is 1. The van der Waals surface area contributed by atoms with E-state index in [1.54, 1.807) is 14.1 Å². The van der Waals surface area contributed by atoms with E-state index in [0.29, 0.717) is 0 Å². The van der Waals surface area contributed by atoms with E-state index in [-0.39, 0.29) is 18.4 Å². The van der Waals surface area contributed by atoms with Gasteiger partial charge in [0.05, 0.1) is 0 Å². The molecule has 0 aromatic carbocycles. The van der Waals surface area contributed by atoms with E-state index in [0.717, 1.165) is 0 Å². The lowest BCUT2D eigenvalue weighted by atomic mass is 11.1. The fourth-order valence-electron chi connectivity index (χ4n) is 0.231. The van der Waals surface area contributed by atoms with Crippen LogP contribution in [0.4, 0.5) is 0 Å². The Kier molecular flexibility index (Phi) is 5.85. The molecular weight excluding hydrogens is 128 g/mol. The number of hydrogen-bond donors (Lipinski definition) is 2. The van der Waals surface area contributed by atoms with Gasteiger partial charge in [-0.15, -0.1) is 17.5 Å². The Morgan fingerprint density at radius 1 is 1.38 bits per heavy atom. The molecule has 0 radical (unpaired) electrons. The summed E-state index contributed by atoms with van der Waals surface area (Å²) in [6.07, 6.45) is 0. The summed E-state index contributed by atoms with van der Waals surface area (Å²) in [7, 11) is 3.50. The third-order valence-corrected chi connectivity index (χ3v) is 0.315. The van der Waals surface area contributed by atoms with E-state index >= 15 is 0 Å². The summed E-state index contributed by atoms with van der Waals surface area (Å²) in [6, 6.07) is 0. The van der Waals surface area contributed by atoms with Crippen LogP contribution in [0, 0.1) is 0 Å². The molecule has 5 heteroatoms. The fraction of sp³-hybridized carbons (Fsp3) is 0.667. The summed E-state index contributed by atoms with van der Waals surface area (Å²) >= 11 is 0. The van der Waals surface area contributed by atoms with Gasteiger partial charge in [0.2, 0.25) is 5.96 Å². The average molecular weight is 139 g/mol. The monoisotopic (exact) mass is 138 g/mol. The lowest BCUT2D eigenvalue weighted by Crippen LogP contribution is -2.25. The third-order valence-electron chi connectivity index (χ3n) is 0.315. The summed E-state index contributed by atoms with van der Waals surface area (Å²) in [5.74, 6) is 0.0880. The lowest BCUT2D eigenvalue weighted by molar-refractivity contribution is 0.436. The molecule has 0 heterocycles. The molecule has 0 aromatic rings. The van der Waals surface area contributed by atoms with E-state index < -0.39 is 0 Å². The van der Waals surface area contributed by atoms with Gasteiger partial charge in [0.1, 0.15) is 0 Å². The van der Waals surface area contributed by atoms with Crippen LogP contribution >= 0.6 is 12.4 Å². The maximum Gasteiger partial charge on any atom is 0.208 e. The molecule has 0 aliphatic carbocycles. The zero-order valence-corrected chi connectivity index (χ0v) is 5.77. The highest BCUT2D eigenvalue weighted by Gasteiger charge is 1.77. The second kappa shape index (κ2) is 4.52. The number of nitrogens with two attached hydrogens (primary N) is 2. The van der Waals surface area contributed by atoms with Gasteiger partial charge in [0.25, 0.3) is 0 Å². The minimum atomic E-state index is 0. The van der Waals surface area contributed by atoms with Crippen LogP contribution in [0.1, 0.15) is 0 Å². The number of rotatable bonds is 1. The molecule has 0 fully saturated rings. The normalized spacial score (nSPS) is 6.75. The molecule has 0 atom stereocenters. The Morgan fingerprint density at radius 2 is 1.75 bits per heavy atom. The molecule has 4 nitrogen and oxygen atoms in total. The van der Waals surface area contributed by atoms with Crippen molar-refractivity contribution in [2.75, 3.05) is 14.1 Å². The van der Waals surface area contributed by atoms with Crippen LogP contribution in [0.15, 0.2) is 5.10 Å². The minimum Gasteiger partial charge on any atom is -0.369 e. The highest BCUT2D eigenvalue weighted by Crippen LogP contribution is 1.68. The molecule has 8 heavy (non-hydrogen) atoms. The Morgan fingerprint density at radius 3 is 1.75 bits per heavy atom. The molecule has 0 aromatic heterocycles. The molecule has 0 aliphatic heterocycles. The Balaban J connectivity index is 0. The van der Waals surface area contributed by atoms with Crippen LogP contribution in [-0.2, 0) is 0 Å². The van der Waals surface area contributed by atoms with E-state index in [4.69, 9.17) is 11.5 Å². The highest BCUT2D eigenvalue weighted by atomic mass is 35.5. The van der Waals surface area contributed by atoms with Crippen molar-refractivity contribution in [3.05, 3.63) is 0 Å². The second-order valence-electron chi connectivity index (χ2n) is 1.37. The number of nitrogens with zero attached hydrogens (tertiary/aromatic N) is 2. The van der Waals surface area contributed by atoms with Gasteiger partial charge in [-0.2, -0.15) is 0 Å². The molecule has 0 saturated carbocycles. The first-order valence-electron chi connectivity index (χ1n) is 1.90. The first kappa shape index (κ1) is 10.4. The highest BCUT2D eigenvalue weighted by molar-refractivity contribution is 5.85. The van der Waals surface area contributed by atoms with E-state index in [9.17, 15) is 0 Å². The summed E-state index contributed by atoms with van der Waals surface area (Å²) in [6.45, 7) is 0. The van der Waals surface area contributed by atoms with Crippen LogP contribution < -0.4 is 11.5 Å². The maximum atomic E-state index is 4.98. The van der Waals surface area contributed by atoms with Gasteiger partial charge in [-0.1, -0.05) is 0 Å². The molecule has 0 amide bonds. The van der Waals surface area contributed by atoms with Crippen molar-refractivity contribution in [1.82, 2.24) is 5.01 Å². The number of halogens is 1. The van der Waals surface area contributed by atoms with Crippen molar-refractivity contribution in [2.45, 2.75) is 0 Å². The minimum absolute atomic E-state index is 0. The van der Waals surface area contributed by atoms with Crippen molar-refractivity contribution in [3.63, 3.8) is 0 Å². The molecule has 50 valence electrons. The number of hydrogen-bond acceptors (Lipinski definition) is 2. The second-order valence-corrected chi connectivity index (χ2v) is 1.37. The van der Waals surface area contributed by atoms with Gasteiger partial charge in [-0.05, 0) is 0 Å². The zero-order valence-electron chi connectivity index (χ0n) is 4.96. The van der Waals surface area contributed by atoms with Gasteiger partial charge < -0.3 is 11.5 Å². The Bertz CT molecular complexity index is 75.4. The van der Waals surface area contributed by atoms with Gasteiger partial charge in [-0.25, -0.2) is 0 Å². The van der Waals surface area contributed by atoms with Crippen molar-refractivity contribution in [1.29, 1.82) is 0 Å². The summed E-state index contributed by atoms with van der Waals surface area (Å²) in [4.78, 5) is 0. The molecule has 0 saturated heterocycles. The summed E-state index contributed by atoms with van der Waals surface area (Å²) in [5, 5.41) is 5.12. The molecular formula is C3H11ClN4. The fourth-order valence-corrected chi connectivity index (χ4v) is 0.231. The zero-order chi connectivity index (χ0) is 5.86. The first-order valence-corrected chi connectivity index (χ1v) is 1.90. The van der Waals surface area contributed by atoms with Gasteiger partial charge in [-0.3, -0.25) is 5.01 Å². The smallest absolute Gasteiger partial charge is 0.208 e. The summed E-state index contributed by atoms with van der Waals surface area (Å²) < 4.78 is 0. The van der Waals surface area contributed by atoms with Crippen LogP contribution in [0.3, 0.4) is 0 Å². The van der Waals surface area contributed by atoms with Crippen molar-refractivity contribution < 1.29 is 0 Å². The maximum absolute atomic E-state index is 4.98. The largest absolute Gasteiger partial charge is 0.369 e. The molecule has 0 rings (SSSR count). The first-order chi connectivity index (χ1) is 3.13. The van der Waals surface area contributed by atoms with Crippen LogP contribution in [-0.4, -0.2) is 25.1 Å². The van der Waals surface area contributed by atoms with E-state index in [1.165, 1.54) is 5.01 Å². The molecule has 0 unspecified atom stereocenters. The van der Waals surface area contributed by atoms with E-state index in [1.807, 2.05) is 0 Å². The predicted molar refractivity (Wildman–Crippen MR) is 36.7 cm³/mol.